The molecule has 1 fully saturated rings. The van der Waals surface area contributed by atoms with Crippen LogP contribution >= 0.6 is 12.4 Å². The lowest BCUT2D eigenvalue weighted by Gasteiger charge is -2.39. The fraction of sp³-hybridized carbons (Fsp3) is 0.520. The number of nitrogens with zero attached hydrogens (tertiary/aromatic N) is 2. The van der Waals surface area contributed by atoms with E-state index in [9.17, 15) is 13.2 Å². The number of alkyl halides is 3. The van der Waals surface area contributed by atoms with Crippen LogP contribution in [0.5, 0.6) is 5.75 Å². The molecule has 0 bridgehead atoms. The molecule has 3 rings (SSSR count). The minimum atomic E-state index is -4.42. The van der Waals surface area contributed by atoms with Crippen molar-refractivity contribution >= 4 is 18.1 Å². The van der Waals surface area contributed by atoms with Gasteiger partial charge in [-0.05, 0) is 61.7 Å². The summed E-state index contributed by atoms with van der Waals surface area (Å²) in [5, 5.41) is 0. The number of likely N-dealkylation sites (tertiary alicyclic amines) is 1. The number of anilines is 1. The Bertz CT molecular complexity index is 827. The van der Waals surface area contributed by atoms with E-state index in [2.05, 4.69) is 41.0 Å². The zero-order chi connectivity index (χ0) is 22.4. The summed E-state index contributed by atoms with van der Waals surface area (Å²) in [6.07, 6.45) is -1.17. The Labute approximate surface area is 196 Å². The van der Waals surface area contributed by atoms with E-state index in [0.29, 0.717) is 0 Å². The summed E-state index contributed by atoms with van der Waals surface area (Å²) in [6.45, 7) is 5.33. The van der Waals surface area contributed by atoms with E-state index >= 15 is 0 Å². The maximum absolute atomic E-state index is 13.4. The molecule has 0 N–H and O–H groups in total. The molecule has 3 nitrogen and oxygen atoms in total. The van der Waals surface area contributed by atoms with E-state index in [-0.39, 0.29) is 36.6 Å². The monoisotopic (exact) mass is 470 g/mol. The second kappa shape index (κ2) is 11.8. The van der Waals surface area contributed by atoms with Gasteiger partial charge in [0.05, 0.1) is 12.2 Å². The molecular formula is C25H34ClF3N2O. The minimum absolute atomic E-state index is 0. The molecule has 7 heteroatoms. The summed E-state index contributed by atoms with van der Waals surface area (Å²) in [7, 11) is 4.02. The van der Waals surface area contributed by atoms with Gasteiger partial charge in [0.1, 0.15) is 5.75 Å². The highest BCUT2D eigenvalue weighted by Gasteiger charge is 2.35. The Morgan fingerprint density at radius 1 is 1.06 bits per heavy atom. The smallest absolute Gasteiger partial charge is 0.419 e. The van der Waals surface area contributed by atoms with E-state index in [4.69, 9.17) is 4.74 Å². The van der Waals surface area contributed by atoms with Crippen LogP contribution in [0.25, 0.3) is 0 Å². The fourth-order valence-corrected chi connectivity index (χ4v) is 4.34. The van der Waals surface area contributed by atoms with Gasteiger partial charge in [-0.3, -0.25) is 0 Å². The third-order valence-electron chi connectivity index (χ3n) is 6.13. The fourth-order valence-electron chi connectivity index (χ4n) is 4.34. The average Bonchev–Trinajstić information content (AvgIpc) is 2.76. The Hall–Kier alpha value is -1.92. The van der Waals surface area contributed by atoms with Gasteiger partial charge in [0.15, 0.2) is 0 Å². The number of rotatable bonds is 8. The third-order valence-corrected chi connectivity index (χ3v) is 6.13. The number of benzene rings is 2. The standard InChI is InChI=1S/C25H33F3N2O.ClH/c1-4-5-15-30-16-14-22(19-10-12-21(13-11-19)29(2)3)20(17-30)18-31-24-9-7-6-8-23(24)25(26,27)28;/h6-13,20,22H,4-5,14-18H2,1-3H3;1H/t20-,22-;/m0./s1. The molecule has 0 amide bonds. The van der Waals surface area contributed by atoms with E-state index in [0.717, 1.165) is 50.7 Å². The van der Waals surface area contributed by atoms with Crippen LogP contribution in [0.3, 0.4) is 0 Å². The van der Waals surface area contributed by atoms with Crippen LogP contribution in [-0.2, 0) is 6.18 Å². The zero-order valence-corrected chi connectivity index (χ0v) is 19.9. The second-order valence-electron chi connectivity index (χ2n) is 8.60. The van der Waals surface area contributed by atoms with Crippen LogP contribution in [0.15, 0.2) is 48.5 Å². The Kier molecular flexibility index (Phi) is 9.71. The third kappa shape index (κ3) is 6.79. The first-order chi connectivity index (χ1) is 14.8. The van der Waals surface area contributed by atoms with E-state index < -0.39 is 11.7 Å². The number of hydrogen-bond donors (Lipinski definition) is 0. The summed E-state index contributed by atoms with van der Waals surface area (Å²) in [4.78, 5) is 4.49. The zero-order valence-electron chi connectivity index (χ0n) is 19.1. The summed E-state index contributed by atoms with van der Waals surface area (Å²) >= 11 is 0. The van der Waals surface area contributed by atoms with Crippen LogP contribution in [0.1, 0.15) is 43.2 Å². The number of hydrogen-bond acceptors (Lipinski definition) is 3. The van der Waals surface area contributed by atoms with Gasteiger partial charge < -0.3 is 14.5 Å². The highest BCUT2D eigenvalue weighted by molar-refractivity contribution is 5.85. The van der Waals surface area contributed by atoms with Crippen LogP contribution < -0.4 is 9.64 Å². The molecule has 1 saturated heterocycles. The predicted octanol–water partition coefficient (Wildman–Crippen LogP) is 6.48. The van der Waals surface area contributed by atoms with Gasteiger partial charge in [-0.15, -0.1) is 12.4 Å². The van der Waals surface area contributed by atoms with Crippen molar-refractivity contribution in [2.45, 2.75) is 38.3 Å². The van der Waals surface area contributed by atoms with Crippen molar-refractivity contribution in [1.29, 1.82) is 0 Å². The first kappa shape index (κ1) is 26.3. The molecule has 0 spiro atoms. The molecule has 2 atom stereocenters. The Morgan fingerprint density at radius 3 is 2.38 bits per heavy atom. The quantitative estimate of drug-likeness (QED) is 0.439. The largest absolute Gasteiger partial charge is 0.493 e. The molecule has 0 unspecified atom stereocenters. The number of piperidine rings is 1. The highest BCUT2D eigenvalue weighted by atomic mass is 35.5. The van der Waals surface area contributed by atoms with Crippen molar-refractivity contribution in [3.05, 3.63) is 59.7 Å². The first-order valence-electron chi connectivity index (χ1n) is 11.1. The predicted molar refractivity (Wildman–Crippen MR) is 127 cm³/mol. The van der Waals surface area contributed by atoms with Gasteiger partial charge in [0.25, 0.3) is 0 Å². The molecule has 178 valence electrons. The summed E-state index contributed by atoms with van der Waals surface area (Å²) in [6, 6.07) is 14.0. The van der Waals surface area contributed by atoms with E-state index in [1.54, 1.807) is 6.07 Å². The first-order valence-corrected chi connectivity index (χ1v) is 11.1. The van der Waals surface area contributed by atoms with Gasteiger partial charge in [-0.1, -0.05) is 37.6 Å². The minimum Gasteiger partial charge on any atom is -0.493 e. The van der Waals surface area contributed by atoms with E-state index in [1.807, 2.05) is 14.1 Å². The maximum atomic E-state index is 13.4. The molecule has 0 aliphatic carbocycles. The van der Waals surface area contributed by atoms with Gasteiger partial charge in [0.2, 0.25) is 0 Å². The molecule has 1 heterocycles. The highest BCUT2D eigenvalue weighted by Crippen LogP contribution is 2.38. The second-order valence-corrected chi connectivity index (χ2v) is 8.60. The molecule has 1 aliphatic rings. The Morgan fingerprint density at radius 2 is 1.75 bits per heavy atom. The van der Waals surface area contributed by atoms with E-state index in [1.165, 1.54) is 17.7 Å². The van der Waals surface area contributed by atoms with Crippen molar-refractivity contribution in [3.8, 4) is 5.75 Å². The van der Waals surface area contributed by atoms with Crippen molar-refractivity contribution < 1.29 is 17.9 Å². The topological polar surface area (TPSA) is 15.7 Å². The molecule has 0 radical (unpaired) electrons. The number of halogens is 4. The molecule has 1 aliphatic heterocycles. The number of unbranched alkanes of at least 4 members (excludes halogenated alkanes) is 1. The lowest BCUT2D eigenvalue weighted by molar-refractivity contribution is -0.139. The lowest BCUT2D eigenvalue weighted by Crippen LogP contribution is -2.42. The lowest BCUT2D eigenvalue weighted by atomic mass is 9.80. The van der Waals surface area contributed by atoms with Crippen molar-refractivity contribution in [3.63, 3.8) is 0 Å². The molecular weight excluding hydrogens is 437 g/mol. The molecule has 32 heavy (non-hydrogen) atoms. The maximum Gasteiger partial charge on any atom is 0.419 e. The summed E-state index contributed by atoms with van der Waals surface area (Å²) in [5.74, 6) is 0.326. The van der Waals surface area contributed by atoms with Crippen molar-refractivity contribution in [2.24, 2.45) is 5.92 Å². The normalized spacial score (nSPS) is 19.3. The van der Waals surface area contributed by atoms with Crippen molar-refractivity contribution in [2.75, 3.05) is 45.2 Å². The van der Waals surface area contributed by atoms with Crippen molar-refractivity contribution in [1.82, 2.24) is 4.90 Å². The van der Waals surface area contributed by atoms with Crippen LogP contribution in [0, 0.1) is 5.92 Å². The molecule has 2 aromatic rings. The summed E-state index contributed by atoms with van der Waals surface area (Å²) in [5.41, 5.74) is 1.66. The van der Waals surface area contributed by atoms with Crippen LogP contribution in [0.4, 0.5) is 18.9 Å². The molecule has 0 aromatic heterocycles. The Balaban J connectivity index is 0.00000363. The van der Waals surface area contributed by atoms with Gasteiger partial charge in [-0.25, -0.2) is 0 Å². The van der Waals surface area contributed by atoms with Gasteiger partial charge >= 0.3 is 6.18 Å². The average molecular weight is 471 g/mol. The van der Waals surface area contributed by atoms with Gasteiger partial charge in [0, 0.05) is 32.2 Å². The number of ether oxygens (including phenoxy) is 1. The number of para-hydroxylation sites is 1. The summed E-state index contributed by atoms with van der Waals surface area (Å²) < 4.78 is 45.9. The van der Waals surface area contributed by atoms with Crippen LogP contribution in [0.2, 0.25) is 0 Å². The van der Waals surface area contributed by atoms with Gasteiger partial charge in [-0.2, -0.15) is 13.2 Å². The molecule has 0 saturated carbocycles. The SMILES string of the molecule is CCCCN1CC[C@@H](c2ccc(N(C)C)cc2)[C@H](COc2ccccc2C(F)(F)F)C1.Cl. The van der Waals surface area contributed by atoms with Crippen LogP contribution in [-0.4, -0.2) is 45.2 Å². The molecule has 2 aromatic carbocycles.